The van der Waals surface area contributed by atoms with Crippen molar-refractivity contribution < 1.29 is 9.53 Å². The van der Waals surface area contributed by atoms with E-state index in [0.717, 1.165) is 16.5 Å². The van der Waals surface area contributed by atoms with Gasteiger partial charge in [-0.25, -0.2) is 0 Å². The minimum Gasteiger partial charge on any atom is -0.496 e. The summed E-state index contributed by atoms with van der Waals surface area (Å²) in [6.07, 6.45) is 1.61. The number of carbonyl (C=O) groups excluding carboxylic acids is 1. The highest BCUT2D eigenvalue weighted by Gasteiger charge is 2.08. The van der Waals surface area contributed by atoms with Crippen LogP contribution in [0.4, 0.5) is 0 Å². The van der Waals surface area contributed by atoms with Crippen molar-refractivity contribution in [2.24, 2.45) is 7.05 Å². The van der Waals surface area contributed by atoms with Crippen LogP contribution < -0.4 is 10.1 Å². The Kier molecular flexibility index (Phi) is 5.00. The van der Waals surface area contributed by atoms with Gasteiger partial charge in [-0.2, -0.15) is 0 Å². The predicted octanol–water partition coefficient (Wildman–Crippen LogP) is 1.23. The molecule has 0 fully saturated rings. The number of hydrogen-bond acceptors (Lipinski definition) is 5. The van der Waals surface area contributed by atoms with Gasteiger partial charge in [-0.15, -0.1) is 10.2 Å². The lowest BCUT2D eigenvalue weighted by molar-refractivity contribution is -0.118. The molecule has 0 aliphatic heterocycles. The SMILES string of the molecule is COc1ccccc1CNC(=O)CSc1nncn1C. The average Bonchev–Trinajstić information content (AvgIpc) is 2.88. The smallest absolute Gasteiger partial charge is 0.230 e. The molecule has 0 unspecified atom stereocenters. The average molecular weight is 292 g/mol. The molecule has 2 rings (SSSR count). The third-order valence-electron chi connectivity index (χ3n) is 2.67. The number of aromatic nitrogens is 3. The highest BCUT2D eigenvalue weighted by Crippen LogP contribution is 2.17. The van der Waals surface area contributed by atoms with Crippen LogP contribution >= 0.6 is 11.8 Å². The number of hydrogen-bond donors (Lipinski definition) is 1. The number of amides is 1. The minimum atomic E-state index is -0.0519. The van der Waals surface area contributed by atoms with Crippen molar-refractivity contribution in [3.8, 4) is 5.75 Å². The number of nitrogens with one attached hydrogen (secondary N) is 1. The summed E-state index contributed by atoms with van der Waals surface area (Å²) in [4.78, 5) is 11.8. The minimum absolute atomic E-state index is 0.0519. The van der Waals surface area contributed by atoms with Gasteiger partial charge in [-0.05, 0) is 6.07 Å². The molecular weight excluding hydrogens is 276 g/mol. The van der Waals surface area contributed by atoms with Crippen LogP contribution in [0.2, 0.25) is 0 Å². The Morgan fingerprint density at radius 1 is 1.45 bits per heavy atom. The zero-order valence-electron chi connectivity index (χ0n) is 11.4. The van der Waals surface area contributed by atoms with Crippen LogP contribution in [0.5, 0.6) is 5.75 Å². The lowest BCUT2D eigenvalue weighted by atomic mass is 10.2. The molecule has 1 amide bonds. The Morgan fingerprint density at radius 3 is 2.95 bits per heavy atom. The van der Waals surface area contributed by atoms with E-state index in [1.807, 2.05) is 31.3 Å². The van der Waals surface area contributed by atoms with Crippen LogP contribution in [0.25, 0.3) is 0 Å². The summed E-state index contributed by atoms with van der Waals surface area (Å²) < 4.78 is 7.01. The van der Waals surface area contributed by atoms with E-state index >= 15 is 0 Å². The van der Waals surface area contributed by atoms with Gasteiger partial charge in [-0.1, -0.05) is 30.0 Å². The molecule has 1 aromatic carbocycles. The lowest BCUT2D eigenvalue weighted by Crippen LogP contribution is -2.24. The van der Waals surface area contributed by atoms with Crippen molar-refractivity contribution in [2.75, 3.05) is 12.9 Å². The van der Waals surface area contributed by atoms with Crippen molar-refractivity contribution in [2.45, 2.75) is 11.7 Å². The molecule has 20 heavy (non-hydrogen) atoms. The molecule has 1 aromatic heterocycles. The van der Waals surface area contributed by atoms with E-state index in [4.69, 9.17) is 4.74 Å². The molecule has 2 aromatic rings. The van der Waals surface area contributed by atoms with Gasteiger partial charge in [-0.3, -0.25) is 4.79 Å². The summed E-state index contributed by atoms with van der Waals surface area (Å²) in [5, 5.41) is 11.2. The third kappa shape index (κ3) is 3.74. The van der Waals surface area contributed by atoms with E-state index in [2.05, 4.69) is 15.5 Å². The molecule has 1 N–H and O–H groups in total. The standard InChI is InChI=1S/C13H16N4O2S/c1-17-9-15-16-13(17)20-8-12(18)14-7-10-5-3-4-6-11(10)19-2/h3-6,9H,7-8H2,1-2H3,(H,14,18). The largest absolute Gasteiger partial charge is 0.496 e. The van der Waals surface area contributed by atoms with Gasteiger partial charge in [0.2, 0.25) is 5.91 Å². The fourth-order valence-corrected chi connectivity index (χ4v) is 2.35. The van der Waals surface area contributed by atoms with Crippen molar-refractivity contribution in [3.63, 3.8) is 0 Å². The number of rotatable bonds is 6. The van der Waals surface area contributed by atoms with Crippen LogP contribution in [0.1, 0.15) is 5.56 Å². The fourth-order valence-electron chi connectivity index (χ4n) is 1.63. The van der Waals surface area contributed by atoms with Crippen LogP contribution in [-0.4, -0.2) is 33.5 Å². The van der Waals surface area contributed by atoms with Crippen molar-refractivity contribution >= 4 is 17.7 Å². The summed E-state index contributed by atoms with van der Waals surface area (Å²) >= 11 is 1.35. The topological polar surface area (TPSA) is 69.0 Å². The third-order valence-corrected chi connectivity index (χ3v) is 3.71. The van der Waals surface area contributed by atoms with Crippen LogP contribution in [-0.2, 0) is 18.4 Å². The molecule has 0 saturated heterocycles. The number of methoxy groups -OCH3 is 1. The van der Waals surface area contributed by atoms with Gasteiger partial charge in [0.05, 0.1) is 12.9 Å². The first kappa shape index (κ1) is 14.4. The molecule has 7 heteroatoms. The van der Waals surface area contributed by atoms with Gasteiger partial charge >= 0.3 is 0 Å². The molecule has 0 saturated carbocycles. The Labute approximate surface area is 121 Å². The van der Waals surface area contributed by atoms with E-state index in [0.29, 0.717) is 12.3 Å². The maximum absolute atomic E-state index is 11.8. The predicted molar refractivity (Wildman–Crippen MR) is 76.6 cm³/mol. The van der Waals surface area contributed by atoms with E-state index in [1.54, 1.807) is 18.0 Å². The summed E-state index contributed by atoms with van der Waals surface area (Å²) in [5.41, 5.74) is 0.951. The summed E-state index contributed by atoms with van der Waals surface area (Å²) in [6.45, 7) is 0.447. The Balaban J connectivity index is 1.82. The lowest BCUT2D eigenvalue weighted by Gasteiger charge is -2.09. The van der Waals surface area contributed by atoms with Crippen molar-refractivity contribution in [1.82, 2.24) is 20.1 Å². The second-order valence-corrected chi connectivity index (χ2v) is 5.04. The highest BCUT2D eigenvalue weighted by molar-refractivity contribution is 7.99. The molecule has 6 nitrogen and oxygen atoms in total. The van der Waals surface area contributed by atoms with E-state index in [-0.39, 0.29) is 5.91 Å². The van der Waals surface area contributed by atoms with Gasteiger partial charge in [0.25, 0.3) is 0 Å². The van der Waals surface area contributed by atoms with Crippen LogP contribution in [0.15, 0.2) is 35.7 Å². The zero-order valence-corrected chi connectivity index (χ0v) is 12.2. The quantitative estimate of drug-likeness (QED) is 0.811. The highest BCUT2D eigenvalue weighted by atomic mass is 32.2. The molecular formula is C13H16N4O2S. The monoisotopic (exact) mass is 292 g/mol. The molecule has 0 atom stereocenters. The number of aryl methyl sites for hydroxylation is 1. The normalized spacial score (nSPS) is 10.3. The zero-order chi connectivity index (χ0) is 14.4. The van der Waals surface area contributed by atoms with E-state index in [1.165, 1.54) is 11.8 Å². The number of thioether (sulfide) groups is 1. The van der Waals surface area contributed by atoms with Gasteiger partial charge in [0.15, 0.2) is 5.16 Å². The van der Waals surface area contributed by atoms with Gasteiger partial charge in [0, 0.05) is 19.2 Å². The molecule has 1 heterocycles. The Bertz CT molecular complexity index is 585. The van der Waals surface area contributed by atoms with Gasteiger partial charge < -0.3 is 14.6 Å². The van der Waals surface area contributed by atoms with Crippen LogP contribution in [0, 0.1) is 0 Å². The maximum Gasteiger partial charge on any atom is 0.230 e. The number of carbonyl (C=O) groups is 1. The molecule has 0 aliphatic carbocycles. The first-order valence-corrected chi connectivity index (χ1v) is 7.04. The van der Waals surface area contributed by atoms with Crippen LogP contribution in [0.3, 0.4) is 0 Å². The second-order valence-electron chi connectivity index (χ2n) is 4.10. The second kappa shape index (κ2) is 6.95. The number of para-hydroxylation sites is 1. The molecule has 0 spiro atoms. The van der Waals surface area contributed by atoms with Gasteiger partial charge in [0.1, 0.15) is 12.1 Å². The van der Waals surface area contributed by atoms with Crippen molar-refractivity contribution in [3.05, 3.63) is 36.2 Å². The van der Waals surface area contributed by atoms with E-state index in [9.17, 15) is 4.79 Å². The first-order valence-electron chi connectivity index (χ1n) is 6.06. The van der Waals surface area contributed by atoms with Crippen molar-refractivity contribution in [1.29, 1.82) is 0 Å². The molecule has 106 valence electrons. The molecule has 0 aliphatic rings. The van der Waals surface area contributed by atoms with E-state index < -0.39 is 0 Å². The molecule has 0 bridgehead atoms. The Morgan fingerprint density at radius 2 is 2.25 bits per heavy atom. The summed E-state index contributed by atoms with van der Waals surface area (Å²) in [5.74, 6) is 1.03. The first-order chi connectivity index (χ1) is 9.70. The number of nitrogens with zero attached hydrogens (tertiary/aromatic N) is 3. The number of ether oxygens (including phenoxy) is 1. The Hall–Kier alpha value is -2.02. The number of benzene rings is 1. The fraction of sp³-hybridized carbons (Fsp3) is 0.308. The molecule has 0 radical (unpaired) electrons. The maximum atomic E-state index is 11.8. The summed E-state index contributed by atoms with van der Waals surface area (Å²) in [7, 11) is 3.46. The summed E-state index contributed by atoms with van der Waals surface area (Å²) in [6, 6.07) is 7.61.